The van der Waals surface area contributed by atoms with Gasteiger partial charge in [0.1, 0.15) is 0 Å². The van der Waals surface area contributed by atoms with Crippen molar-refractivity contribution in [2.24, 2.45) is 11.3 Å². The van der Waals surface area contributed by atoms with Gasteiger partial charge in [0, 0.05) is 0 Å². The largest absolute Gasteiger partial charge is 0.481 e. The number of aliphatic carboxylic acids is 1. The molecule has 0 aliphatic heterocycles. The molecule has 0 aromatic rings. The molecule has 0 fully saturated rings. The summed E-state index contributed by atoms with van der Waals surface area (Å²) in [6.45, 7) is 12.9. The molecule has 1 atom stereocenters. The van der Waals surface area contributed by atoms with Crippen LogP contribution in [0.15, 0.2) is 0 Å². The van der Waals surface area contributed by atoms with Gasteiger partial charge < -0.3 is 5.11 Å². The van der Waals surface area contributed by atoms with E-state index in [9.17, 15) is 4.79 Å². The number of unbranched alkanes of at least 4 members (excludes halogenated alkanes) is 1. The van der Waals surface area contributed by atoms with E-state index in [1.54, 1.807) is 0 Å². The molecule has 0 aromatic heterocycles. The van der Waals surface area contributed by atoms with Gasteiger partial charge in [0.25, 0.3) is 0 Å². The maximum atomic E-state index is 10.4. The van der Waals surface area contributed by atoms with E-state index >= 15 is 0 Å². The smallest absolute Gasteiger partial charge is 0.306 e. The predicted octanol–water partition coefficient (Wildman–Crippen LogP) is 4.73. The van der Waals surface area contributed by atoms with Gasteiger partial charge in [0.2, 0.25) is 0 Å². The molecule has 0 spiro atoms. The van der Waals surface area contributed by atoms with Crippen LogP contribution in [0.5, 0.6) is 0 Å². The Hall–Kier alpha value is -0.530. The first-order valence-electron chi connectivity index (χ1n) is 6.51. The summed E-state index contributed by atoms with van der Waals surface area (Å²) in [4.78, 5) is 10.4. The van der Waals surface area contributed by atoms with Crippen LogP contribution in [0.2, 0.25) is 0 Å². The van der Waals surface area contributed by atoms with Crippen molar-refractivity contribution in [3.05, 3.63) is 0 Å². The van der Waals surface area contributed by atoms with Crippen molar-refractivity contribution in [3.8, 4) is 0 Å². The van der Waals surface area contributed by atoms with Crippen LogP contribution in [0, 0.1) is 11.3 Å². The van der Waals surface area contributed by atoms with E-state index in [1.165, 1.54) is 6.42 Å². The molecule has 0 saturated carbocycles. The molecule has 0 aliphatic rings. The van der Waals surface area contributed by atoms with Gasteiger partial charge in [-0.2, -0.15) is 0 Å². The summed E-state index contributed by atoms with van der Waals surface area (Å²) < 4.78 is 0. The number of rotatable bonds is 5. The number of hydrogen-bond donors (Lipinski definition) is 1. The average molecular weight is 230 g/mol. The second kappa shape index (κ2) is 9.68. The number of carboxylic acids is 1. The first-order chi connectivity index (χ1) is 7.28. The summed E-state index contributed by atoms with van der Waals surface area (Å²) in [5, 5.41) is 8.60. The number of carbonyl (C=O) groups is 1. The highest BCUT2D eigenvalue weighted by atomic mass is 16.4. The lowest BCUT2D eigenvalue weighted by Crippen LogP contribution is -2.11. The number of hydrogen-bond acceptors (Lipinski definition) is 1. The third kappa shape index (κ3) is 13.5. The monoisotopic (exact) mass is 230 g/mol. The summed E-state index contributed by atoms with van der Waals surface area (Å²) in [6.07, 6.45) is 4.99. The summed E-state index contributed by atoms with van der Waals surface area (Å²) in [6, 6.07) is 0. The highest BCUT2D eigenvalue weighted by molar-refractivity contribution is 5.69. The fourth-order valence-corrected chi connectivity index (χ4v) is 0.953. The third-order valence-electron chi connectivity index (χ3n) is 2.81. The van der Waals surface area contributed by atoms with E-state index in [0.717, 1.165) is 25.7 Å². The van der Waals surface area contributed by atoms with Crippen molar-refractivity contribution < 1.29 is 9.90 Å². The van der Waals surface area contributed by atoms with Crippen molar-refractivity contribution in [1.29, 1.82) is 0 Å². The molecule has 0 radical (unpaired) electrons. The van der Waals surface area contributed by atoms with Gasteiger partial charge in [0.15, 0.2) is 0 Å². The van der Waals surface area contributed by atoms with Crippen LogP contribution in [0.4, 0.5) is 0 Å². The van der Waals surface area contributed by atoms with Crippen LogP contribution in [-0.2, 0) is 4.79 Å². The van der Waals surface area contributed by atoms with E-state index in [0.29, 0.717) is 5.41 Å². The van der Waals surface area contributed by atoms with Gasteiger partial charge >= 0.3 is 5.97 Å². The van der Waals surface area contributed by atoms with E-state index < -0.39 is 5.97 Å². The van der Waals surface area contributed by atoms with Crippen molar-refractivity contribution in [1.82, 2.24) is 0 Å². The van der Waals surface area contributed by atoms with E-state index in [4.69, 9.17) is 5.11 Å². The molecule has 0 aromatic carbocycles. The summed E-state index contributed by atoms with van der Waals surface area (Å²) in [5.74, 6) is -0.754. The van der Waals surface area contributed by atoms with Gasteiger partial charge in [-0.25, -0.2) is 0 Å². The second-order valence-electron chi connectivity index (χ2n) is 5.50. The fourth-order valence-electron chi connectivity index (χ4n) is 0.953. The van der Waals surface area contributed by atoms with E-state index in [-0.39, 0.29) is 5.92 Å². The summed E-state index contributed by atoms with van der Waals surface area (Å²) in [7, 11) is 0. The van der Waals surface area contributed by atoms with Crippen molar-refractivity contribution in [2.45, 2.75) is 73.6 Å². The molecule has 2 heteroatoms. The highest BCUT2D eigenvalue weighted by Crippen LogP contribution is 2.16. The van der Waals surface area contributed by atoms with Gasteiger partial charge in [0.05, 0.1) is 5.92 Å². The first kappa shape index (κ1) is 17.9. The van der Waals surface area contributed by atoms with Gasteiger partial charge in [-0.3, -0.25) is 4.79 Å². The normalized spacial score (nSPS) is 12.6. The lowest BCUT2D eigenvalue weighted by molar-refractivity contribution is -0.142. The molecule has 2 nitrogen and oxygen atoms in total. The van der Waals surface area contributed by atoms with E-state index in [1.807, 2.05) is 6.92 Å². The van der Waals surface area contributed by atoms with Crippen LogP contribution in [-0.4, -0.2) is 11.1 Å². The van der Waals surface area contributed by atoms with Gasteiger partial charge in [-0.1, -0.05) is 60.8 Å². The standard InChI is InChI=1S/C8H16O2.C6H14/c1-3-5-6-7(4-2)8(9)10;1-5-6(2,3)4/h7H,3-6H2,1-2H3,(H,9,10);5H2,1-4H3. The summed E-state index contributed by atoms with van der Waals surface area (Å²) >= 11 is 0. The molecule has 0 aliphatic carbocycles. The zero-order valence-electron chi connectivity index (χ0n) is 12.0. The molecule has 0 amide bonds. The molecule has 1 N–H and O–H groups in total. The Morgan fingerprint density at radius 2 is 1.62 bits per heavy atom. The van der Waals surface area contributed by atoms with Crippen LogP contribution < -0.4 is 0 Å². The van der Waals surface area contributed by atoms with E-state index in [2.05, 4.69) is 34.6 Å². The molecule has 0 heterocycles. The Labute approximate surface area is 101 Å². The Morgan fingerprint density at radius 3 is 1.81 bits per heavy atom. The molecular weight excluding hydrogens is 200 g/mol. The number of carboxylic acid groups (broad SMARTS) is 1. The zero-order valence-corrected chi connectivity index (χ0v) is 12.0. The lowest BCUT2D eigenvalue weighted by Gasteiger charge is -2.12. The molecule has 0 saturated heterocycles. The predicted molar refractivity (Wildman–Crippen MR) is 70.7 cm³/mol. The Kier molecular flexibility index (Phi) is 10.8. The molecule has 1 unspecified atom stereocenters. The quantitative estimate of drug-likeness (QED) is 0.741. The lowest BCUT2D eigenvalue weighted by atomic mass is 9.94. The SMILES string of the molecule is CCC(C)(C)C.CCCCC(CC)C(=O)O. The third-order valence-corrected chi connectivity index (χ3v) is 2.81. The summed E-state index contributed by atoms with van der Waals surface area (Å²) in [5.41, 5.74) is 0.542. The first-order valence-corrected chi connectivity index (χ1v) is 6.51. The minimum atomic E-state index is -0.643. The van der Waals surface area contributed by atoms with Crippen LogP contribution in [0.1, 0.15) is 73.6 Å². The van der Waals surface area contributed by atoms with Crippen LogP contribution >= 0.6 is 0 Å². The van der Waals surface area contributed by atoms with Crippen LogP contribution in [0.3, 0.4) is 0 Å². The van der Waals surface area contributed by atoms with Crippen molar-refractivity contribution >= 4 is 5.97 Å². The topological polar surface area (TPSA) is 37.3 Å². The minimum absolute atomic E-state index is 0.111. The second-order valence-corrected chi connectivity index (χ2v) is 5.50. The molecule has 0 bridgehead atoms. The fraction of sp³-hybridized carbons (Fsp3) is 0.929. The van der Waals surface area contributed by atoms with Gasteiger partial charge in [-0.05, 0) is 18.3 Å². The minimum Gasteiger partial charge on any atom is -0.481 e. The highest BCUT2D eigenvalue weighted by Gasteiger charge is 2.12. The average Bonchev–Trinajstić information content (AvgIpc) is 2.18. The van der Waals surface area contributed by atoms with Crippen molar-refractivity contribution in [2.75, 3.05) is 0 Å². The van der Waals surface area contributed by atoms with Crippen molar-refractivity contribution in [3.63, 3.8) is 0 Å². The molecule has 0 rings (SSSR count). The Morgan fingerprint density at radius 1 is 1.19 bits per heavy atom. The Balaban J connectivity index is 0. The maximum absolute atomic E-state index is 10.4. The van der Waals surface area contributed by atoms with Gasteiger partial charge in [-0.15, -0.1) is 0 Å². The molecular formula is C14H30O2. The molecule has 16 heavy (non-hydrogen) atoms. The maximum Gasteiger partial charge on any atom is 0.306 e. The zero-order chi connectivity index (χ0) is 13.2. The van der Waals surface area contributed by atoms with Crippen LogP contribution in [0.25, 0.3) is 0 Å². The molecule has 98 valence electrons. The Bertz CT molecular complexity index is 168.